The summed E-state index contributed by atoms with van der Waals surface area (Å²) in [7, 11) is -0.587. The van der Waals surface area contributed by atoms with E-state index in [9.17, 15) is 17.6 Å². The van der Waals surface area contributed by atoms with Crippen molar-refractivity contribution in [1.82, 2.24) is 23.7 Å². The summed E-state index contributed by atoms with van der Waals surface area (Å²) in [6, 6.07) is 4.99. The van der Waals surface area contributed by atoms with Crippen LogP contribution < -0.4 is 9.62 Å². The van der Waals surface area contributed by atoms with Crippen LogP contribution in [-0.2, 0) is 22.1 Å². The fourth-order valence-electron chi connectivity index (χ4n) is 4.30. The Kier molecular flexibility index (Phi) is 5.75. The van der Waals surface area contributed by atoms with E-state index >= 15 is 0 Å². The topological polar surface area (TPSA) is 90.8 Å². The van der Waals surface area contributed by atoms with Crippen molar-refractivity contribution >= 4 is 21.8 Å². The third-order valence-corrected chi connectivity index (χ3v) is 7.66. The number of nitrogens with one attached hydrogen (secondary N) is 1. The lowest BCUT2D eigenvalue weighted by atomic mass is 9.99. The monoisotopic (exact) mass is 450 g/mol. The highest BCUT2D eigenvalue weighted by Crippen LogP contribution is 2.30. The number of anilines is 1. The number of hydrogen-bond donors (Lipinski definition) is 1. The number of amides is 1. The summed E-state index contributed by atoms with van der Waals surface area (Å²) in [6.45, 7) is 3.98. The SMILES string of the molecule is Cc1nn(C)cc1C1CC(C(=O)N2CCN(c3ccc(F)cc3)CC2)N(C)S(=O)(=O)N1. The van der Waals surface area contributed by atoms with Crippen molar-refractivity contribution in [3.05, 3.63) is 47.5 Å². The minimum Gasteiger partial charge on any atom is -0.368 e. The highest BCUT2D eigenvalue weighted by atomic mass is 32.2. The summed E-state index contributed by atoms with van der Waals surface area (Å²) in [5, 5.41) is 4.30. The average Bonchev–Trinajstić information content (AvgIpc) is 3.08. The van der Waals surface area contributed by atoms with E-state index in [1.807, 2.05) is 6.92 Å². The Morgan fingerprint density at radius 3 is 2.35 bits per heavy atom. The van der Waals surface area contributed by atoms with Crippen LogP contribution in [0.15, 0.2) is 30.5 Å². The van der Waals surface area contributed by atoms with Crippen molar-refractivity contribution < 1.29 is 17.6 Å². The summed E-state index contributed by atoms with van der Waals surface area (Å²) in [5.74, 6) is -0.482. The molecule has 2 fully saturated rings. The Morgan fingerprint density at radius 2 is 1.77 bits per heavy atom. The molecule has 0 radical (unpaired) electrons. The summed E-state index contributed by atoms with van der Waals surface area (Å²) >= 11 is 0. The zero-order chi connectivity index (χ0) is 22.3. The molecule has 11 heteroatoms. The first-order chi connectivity index (χ1) is 14.7. The largest absolute Gasteiger partial charge is 0.368 e. The molecule has 9 nitrogen and oxygen atoms in total. The number of aromatic nitrogens is 2. The minimum absolute atomic E-state index is 0.196. The fourth-order valence-corrected chi connectivity index (χ4v) is 5.57. The Labute approximate surface area is 181 Å². The average molecular weight is 451 g/mol. The molecule has 1 aromatic carbocycles. The van der Waals surface area contributed by atoms with E-state index in [1.54, 1.807) is 35.0 Å². The zero-order valence-corrected chi connectivity index (χ0v) is 18.6. The van der Waals surface area contributed by atoms with Crippen LogP contribution in [0.2, 0.25) is 0 Å². The van der Waals surface area contributed by atoms with Crippen molar-refractivity contribution in [2.24, 2.45) is 7.05 Å². The maximum Gasteiger partial charge on any atom is 0.280 e. The second-order valence-corrected chi connectivity index (χ2v) is 9.84. The molecule has 4 rings (SSSR count). The van der Waals surface area contributed by atoms with E-state index in [2.05, 4.69) is 14.7 Å². The molecular weight excluding hydrogens is 423 g/mol. The van der Waals surface area contributed by atoms with Crippen molar-refractivity contribution in [3.63, 3.8) is 0 Å². The quantitative estimate of drug-likeness (QED) is 0.747. The molecule has 2 saturated heterocycles. The second kappa shape index (κ2) is 8.21. The van der Waals surface area contributed by atoms with E-state index in [0.717, 1.165) is 21.2 Å². The van der Waals surface area contributed by atoms with Crippen LogP contribution in [0.1, 0.15) is 23.7 Å². The molecule has 2 aliphatic heterocycles. The lowest BCUT2D eigenvalue weighted by molar-refractivity contribution is -0.136. The van der Waals surface area contributed by atoms with Crippen molar-refractivity contribution in [1.29, 1.82) is 0 Å². The predicted octanol–water partition coefficient (Wildman–Crippen LogP) is 0.796. The third-order valence-electron chi connectivity index (χ3n) is 6.06. The molecule has 0 aliphatic carbocycles. The number of carbonyl (C=O) groups excluding carboxylic acids is 1. The minimum atomic E-state index is -3.80. The van der Waals surface area contributed by atoms with Crippen LogP contribution in [-0.4, -0.2) is 72.6 Å². The van der Waals surface area contributed by atoms with Gasteiger partial charge in [0.15, 0.2) is 0 Å². The first-order valence-electron chi connectivity index (χ1n) is 10.2. The highest BCUT2D eigenvalue weighted by Gasteiger charge is 2.43. The Balaban J connectivity index is 1.48. The van der Waals surface area contributed by atoms with Gasteiger partial charge in [-0.2, -0.15) is 22.5 Å². The van der Waals surface area contributed by atoms with Crippen molar-refractivity contribution in [3.8, 4) is 0 Å². The first-order valence-corrected chi connectivity index (χ1v) is 11.6. The van der Waals surface area contributed by atoms with Gasteiger partial charge in [-0.05, 0) is 37.6 Å². The number of halogens is 1. The summed E-state index contributed by atoms with van der Waals surface area (Å²) in [6.07, 6.45) is 2.12. The summed E-state index contributed by atoms with van der Waals surface area (Å²) in [4.78, 5) is 17.1. The van der Waals surface area contributed by atoms with Gasteiger partial charge < -0.3 is 9.80 Å². The first kappa shape index (κ1) is 21.7. The standard InChI is InChI=1S/C20H27FN6O3S/c1-14-17(13-24(2)22-14)18-12-19(25(3)31(29,30)23-18)20(28)27-10-8-26(9-11-27)16-6-4-15(21)5-7-16/h4-7,13,18-19,23H,8-12H2,1-3H3. The molecule has 1 aromatic heterocycles. The molecule has 0 bridgehead atoms. The lowest BCUT2D eigenvalue weighted by Crippen LogP contribution is -2.60. The van der Waals surface area contributed by atoms with E-state index in [-0.39, 0.29) is 11.7 Å². The fraction of sp³-hybridized carbons (Fsp3) is 0.500. The molecule has 2 unspecified atom stereocenters. The number of likely N-dealkylation sites (N-methyl/N-ethyl adjacent to an activating group) is 1. The molecule has 2 atom stereocenters. The van der Waals surface area contributed by atoms with Gasteiger partial charge >= 0.3 is 0 Å². The Bertz CT molecular complexity index is 1060. The number of piperazine rings is 1. The van der Waals surface area contributed by atoms with E-state index < -0.39 is 22.3 Å². The number of carbonyl (C=O) groups is 1. The molecule has 2 aromatic rings. The van der Waals surface area contributed by atoms with Crippen molar-refractivity contribution in [2.75, 3.05) is 38.1 Å². The lowest BCUT2D eigenvalue weighted by Gasteiger charge is -2.41. The van der Waals surface area contributed by atoms with Gasteiger partial charge in [0.25, 0.3) is 10.2 Å². The smallest absolute Gasteiger partial charge is 0.280 e. The van der Waals surface area contributed by atoms with Crippen LogP contribution in [0.4, 0.5) is 10.1 Å². The van der Waals surface area contributed by atoms with Crippen LogP contribution in [0, 0.1) is 12.7 Å². The second-order valence-electron chi connectivity index (χ2n) is 8.08. The van der Waals surface area contributed by atoms with Crippen LogP contribution >= 0.6 is 0 Å². The number of aryl methyl sites for hydroxylation is 2. The van der Waals surface area contributed by atoms with Crippen LogP contribution in [0.25, 0.3) is 0 Å². The number of hydrogen-bond acceptors (Lipinski definition) is 5. The Hall–Kier alpha value is -2.50. The molecular formula is C20H27FN6O3S. The third kappa shape index (κ3) is 4.30. The van der Waals surface area contributed by atoms with Crippen LogP contribution in [0.5, 0.6) is 0 Å². The number of nitrogens with zero attached hydrogens (tertiary/aromatic N) is 5. The molecule has 0 spiro atoms. The van der Waals surface area contributed by atoms with Gasteiger partial charge in [0, 0.05) is 57.7 Å². The normalized spacial score (nSPS) is 24.4. The molecule has 2 aliphatic rings. The van der Waals surface area contributed by atoms with Gasteiger partial charge in [0.05, 0.1) is 11.7 Å². The number of benzene rings is 1. The predicted molar refractivity (Wildman–Crippen MR) is 114 cm³/mol. The summed E-state index contributed by atoms with van der Waals surface area (Å²) < 4.78 is 44.1. The highest BCUT2D eigenvalue weighted by molar-refractivity contribution is 7.87. The van der Waals surface area contributed by atoms with Gasteiger partial charge in [-0.1, -0.05) is 0 Å². The van der Waals surface area contributed by atoms with Gasteiger partial charge in [0.1, 0.15) is 11.9 Å². The Morgan fingerprint density at radius 1 is 1.13 bits per heavy atom. The summed E-state index contributed by atoms with van der Waals surface area (Å²) in [5.41, 5.74) is 2.42. The van der Waals surface area contributed by atoms with Gasteiger partial charge in [0.2, 0.25) is 5.91 Å². The molecule has 0 saturated carbocycles. The number of rotatable bonds is 3. The molecule has 1 N–H and O–H groups in total. The van der Waals surface area contributed by atoms with Gasteiger partial charge in [-0.15, -0.1) is 0 Å². The molecule has 3 heterocycles. The van der Waals surface area contributed by atoms with Gasteiger partial charge in [-0.3, -0.25) is 9.48 Å². The molecule has 31 heavy (non-hydrogen) atoms. The van der Waals surface area contributed by atoms with E-state index in [0.29, 0.717) is 32.6 Å². The zero-order valence-electron chi connectivity index (χ0n) is 17.8. The maximum absolute atomic E-state index is 13.3. The van der Waals surface area contributed by atoms with E-state index in [4.69, 9.17) is 0 Å². The van der Waals surface area contributed by atoms with E-state index in [1.165, 1.54) is 19.2 Å². The molecule has 168 valence electrons. The van der Waals surface area contributed by atoms with Crippen molar-refractivity contribution in [2.45, 2.75) is 25.4 Å². The maximum atomic E-state index is 13.3. The van der Waals surface area contributed by atoms with Crippen LogP contribution in [0.3, 0.4) is 0 Å². The molecule has 1 amide bonds. The van der Waals surface area contributed by atoms with Gasteiger partial charge in [-0.25, -0.2) is 4.39 Å².